The summed E-state index contributed by atoms with van der Waals surface area (Å²) >= 11 is 12.1. The van der Waals surface area contributed by atoms with E-state index in [1.807, 2.05) is 0 Å². The van der Waals surface area contributed by atoms with E-state index in [1.54, 1.807) is 18.2 Å². The number of likely N-dealkylation sites (tertiary alicyclic amines) is 1. The molecule has 0 amide bonds. The monoisotopic (exact) mass is 303 g/mol. The van der Waals surface area contributed by atoms with Gasteiger partial charge in [0.2, 0.25) is 0 Å². The molecule has 1 aliphatic heterocycles. The smallest absolute Gasteiger partial charge is 0.156 e. The van der Waals surface area contributed by atoms with E-state index in [2.05, 4.69) is 4.90 Å². The molecule has 19 heavy (non-hydrogen) atoms. The Morgan fingerprint density at radius 2 is 1.84 bits per heavy atom. The topological polar surface area (TPSA) is 32.7 Å². The maximum atomic E-state index is 9.09. The van der Waals surface area contributed by atoms with E-state index in [-0.39, 0.29) is 0 Å². The van der Waals surface area contributed by atoms with Crippen molar-refractivity contribution in [3.63, 3.8) is 0 Å². The lowest BCUT2D eigenvalue weighted by atomic mass is 9.98. The first kappa shape index (κ1) is 14.9. The standard InChI is InChI=1S/C14H19Cl2NO2/c15-12-2-1-3-13(16)14(12)19-9-8-17-6-4-11(10-18)5-7-17/h1-3,11,18H,4-10H2. The van der Waals surface area contributed by atoms with Gasteiger partial charge in [0.1, 0.15) is 6.61 Å². The summed E-state index contributed by atoms with van der Waals surface area (Å²) in [6.07, 6.45) is 2.12. The predicted molar refractivity (Wildman–Crippen MR) is 78.2 cm³/mol. The van der Waals surface area contributed by atoms with Crippen LogP contribution in [0.15, 0.2) is 18.2 Å². The Kier molecular flexibility index (Phi) is 5.76. The molecular weight excluding hydrogens is 285 g/mol. The first-order valence-corrected chi connectivity index (χ1v) is 7.36. The summed E-state index contributed by atoms with van der Waals surface area (Å²) in [6.45, 7) is 3.78. The van der Waals surface area contributed by atoms with Gasteiger partial charge in [-0.25, -0.2) is 0 Å². The summed E-state index contributed by atoms with van der Waals surface area (Å²) in [6, 6.07) is 5.35. The van der Waals surface area contributed by atoms with E-state index >= 15 is 0 Å². The van der Waals surface area contributed by atoms with Crippen molar-refractivity contribution in [2.45, 2.75) is 12.8 Å². The first-order valence-electron chi connectivity index (χ1n) is 6.60. The van der Waals surface area contributed by atoms with E-state index in [0.29, 0.717) is 34.9 Å². The van der Waals surface area contributed by atoms with Crippen molar-refractivity contribution in [3.8, 4) is 5.75 Å². The van der Waals surface area contributed by atoms with Gasteiger partial charge in [0.05, 0.1) is 10.0 Å². The molecule has 0 spiro atoms. The molecule has 1 aliphatic rings. The normalized spacial score (nSPS) is 17.6. The summed E-state index contributed by atoms with van der Waals surface area (Å²) < 4.78 is 5.67. The minimum absolute atomic E-state index is 0.305. The van der Waals surface area contributed by atoms with Crippen molar-refractivity contribution in [3.05, 3.63) is 28.2 Å². The van der Waals surface area contributed by atoms with Crippen LogP contribution in [0, 0.1) is 5.92 Å². The number of nitrogens with zero attached hydrogens (tertiary/aromatic N) is 1. The Hall–Kier alpha value is -0.480. The SMILES string of the molecule is OCC1CCN(CCOc2c(Cl)cccc2Cl)CC1. The number of rotatable bonds is 5. The summed E-state index contributed by atoms with van der Waals surface area (Å²) in [4.78, 5) is 2.34. The van der Waals surface area contributed by atoms with Crippen molar-refractivity contribution < 1.29 is 9.84 Å². The molecule has 0 saturated carbocycles. The molecular formula is C14H19Cl2NO2. The van der Waals surface area contributed by atoms with Crippen LogP contribution in [-0.2, 0) is 0 Å². The second-order valence-corrected chi connectivity index (χ2v) is 5.68. The molecule has 0 bridgehead atoms. The second kappa shape index (κ2) is 7.34. The second-order valence-electron chi connectivity index (χ2n) is 4.87. The molecule has 1 heterocycles. The van der Waals surface area contributed by atoms with Gasteiger partial charge in [-0.1, -0.05) is 29.3 Å². The number of hydrogen-bond acceptors (Lipinski definition) is 3. The molecule has 0 unspecified atom stereocenters. The molecule has 1 saturated heterocycles. The number of benzene rings is 1. The van der Waals surface area contributed by atoms with E-state index in [1.165, 1.54) is 0 Å². The van der Waals surface area contributed by atoms with Crippen LogP contribution in [0.2, 0.25) is 10.0 Å². The van der Waals surface area contributed by atoms with Gasteiger partial charge in [-0.05, 0) is 44.0 Å². The van der Waals surface area contributed by atoms with Crippen LogP contribution < -0.4 is 4.74 Å². The highest BCUT2D eigenvalue weighted by atomic mass is 35.5. The average molecular weight is 304 g/mol. The number of aliphatic hydroxyl groups excluding tert-OH is 1. The number of para-hydroxylation sites is 1. The molecule has 0 aliphatic carbocycles. The number of hydrogen-bond donors (Lipinski definition) is 1. The molecule has 1 N–H and O–H groups in total. The minimum Gasteiger partial charge on any atom is -0.489 e. The van der Waals surface area contributed by atoms with Gasteiger partial charge in [0.25, 0.3) is 0 Å². The van der Waals surface area contributed by atoms with Gasteiger partial charge in [-0.2, -0.15) is 0 Å². The van der Waals surface area contributed by atoms with Crippen molar-refractivity contribution in [1.82, 2.24) is 4.90 Å². The fraction of sp³-hybridized carbons (Fsp3) is 0.571. The molecule has 1 fully saturated rings. The summed E-state index contributed by atoms with van der Waals surface area (Å²) in [5.74, 6) is 1.03. The fourth-order valence-electron chi connectivity index (χ4n) is 2.29. The number of aliphatic hydroxyl groups is 1. The lowest BCUT2D eigenvalue weighted by molar-refractivity contribution is 0.119. The lowest BCUT2D eigenvalue weighted by Crippen LogP contribution is -2.37. The molecule has 2 rings (SSSR count). The molecule has 1 aromatic carbocycles. The van der Waals surface area contributed by atoms with Crippen LogP contribution in [0.3, 0.4) is 0 Å². The van der Waals surface area contributed by atoms with Crippen LogP contribution in [-0.4, -0.2) is 42.9 Å². The quantitative estimate of drug-likeness (QED) is 0.907. The maximum absolute atomic E-state index is 9.09. The maximum Gasteiger partial charge on any atom is 0.156 e. The highest BCUT2D eigenvalue weighted by Crippen LogP contribution is 2.32. The third-order valence-electron chi connectivity index (χ3n) is 3.54. The van der Waals surface area contributed by atoms with Crippen LogP contribution in [0.4, 0.5) is 0 Å². The van der Waals surface area contributed by atoms with E-state index in [0.717, 1.165) is 32.5 Å². The van der Waals surface area contributed by atoms with Gasteiger partial charge >= 0.3 is 0 Å². The van der Waals surface area contributed by atoms with E-state index in [9.17, 15) is 0 Å². The third kappa shape index (κ3) is 4.25. The molecule has 106 valence electrons. The Morgan fingerprint density at radius 3 is 2.42 bits per heavy atom. The molecule has 5 heteroatoms. The zero-order chi connectivity index (χ0) is 13.7. The first-order chi connectivity index (χ1) is 9.20. The predicted octanol–water partition coefficient (Wildman–Crippen LogP) is 3.08. The number of piperidine rings is 1. The van der Waals surface area contributed by atoms with Crippen LogP contribution in [0.25, 0.3) is 0 Å². The van der Waals surface area contributed by atoms with Gasteiger partial charge in [-0.3, -0.25) is 4.90 Å². The largest absolute Gasteiger partial charge is 0.489 e. The van der Waals surface area contributed by atoms with E-state index in [4.69, 9.17) is 33.0 Å². The highest BCUT2D eigenvalue weighted by molar-refractivity contribution is 6.37. The molecule has 1 aromatic rings. The number of ether oxygens (including phenoxy) is 1. The fourth-order valence-corrected chi connectivity index (χ4v) is 2.80. The van der Waals surface area contributed by atoms with Crippen LogP contribution in [0.1, 0.15) is 12.8 Å². The van der Waals surface area contributed by atoms with Crippen molar-refractivity contribution in [1.29, 1.82) is 0 Å². The molecule has 3 nitrogen and oxygen atoms in total. The molecule has 0 radical (unpaired) electrons. The van der Waals surface area contributed by atoms with Gasteiger partial charge in [-0.15, -0.1) is 0 Å². The molecule has 0 atom stereocenters. The van der Waals surface area contributed by atoms with Gasteiger partial charge in [0, 0.05) is 13.2 Å². The van der Waals surface area contributed by atoms with Crippen LogP contribution in [0.5, 0.6) is 5.75 Å². The summed E-state index contributed by atoms with van der Waals surface area (Å²) in [5, 5.41) is 10.2. The zero-order valence-electron chi connectivity index (χ0n) is 10.8. The van der Waals surface area contributed by atoms with Crippen molar-refractivity contribution in [2.24, 2.45) is 5.92 Å². The van der Waals surface area contributed by atoms with Gasteiger partial charge in [0.15, 0.2) is 5.75 Å². The van der Waals surface area contributed by atoms with Crippen LogP contribution >= 0.6 is 23.2 Å². The van der Waals surface area contributed by atoms with E-state index < -0.39 is 0 Å². The lowest BCUT2D eigenvalue weighted by Gasteiger charge is -2.30. The Morgan fingerprint density at radius 1 is 1.21 bits per heavy atom. The third-order valence-corrected chi connectivity index (χ3v) is 4.13. The minimum atomic E-state index is 0.305. The average Bonchev–Trinajstić information content (AvgIpc) is 2.43. The summed E-state index contributed by atoms with van der Waals surface area (Å²) in [5.41, 5.74) is 0. The molecule has 0 aromatic heterocycles. The number of halogens is 2. The Balaban J connectivity index is 1.75. The zero-order valence-corrected chi connectivity index (χ0v) is 12.3. The van der Waals surface area contributed by atoms with Gasteiger partial charge < -0.3 is 9.84 Å². The Bertz CT molecular complexity index is 386. The van der Waals surface area contributed by atoms with Crippen molar-refractivity contribution in [2.75, 3.05) is 32.8 Å². The highest BCUT2D eigenvalue weighted by Gasteiger charge is 2.18. The van der Waals surface area contributed by atoms with Crippen molar-refractivity contribution >= 4 is 23.2 Å². The Labute approximate surface area is 124 Å². The summed E-state index contributed by atoms with van der Waals surface area (Å²) in [7, 11) is 0.